The molecule has 1 aliphatic heterocycles. The van der Waals surface area contributed by atoms with Crippen molar-refractivity contribution in [3.05, 3.63) is 23.8 Å². The van der Waals surface area contributed by atoms with Crippen LogP contribution in [-0.2, 0) is 41.6 Å². The molecule has 3 amide bonds. The molecule has 0 aliphatic carbocycles. The number of nitrogens with zero attached hydrogens (tertiary/aromatic N) is 2. The minimum absolute atomic E-state index is 0.00449. The van der Waals surface area contributed by atoms with E-state index in [1.165, 1.54) is 6.33 Å². The molecule has 0 saturated carbocycles. The van der Waals surface area contributed by atoms with Gasteiger partial charge >= 0.3 is 6.09 Å². The molecule has 0 bridgehead atoms. The van der Waals surface area contributed by atoms with Gasteiger partial charge in [-0.2, -0.15) is 0 Å². The second kappa shape index (κ2) is 13.4. The van der Waals surface area contributed by atoms with E-state index >= 15 is 0 Å². The van der Waals surface area contributed by atoms with Crippen molar-refractivity contribution in [1.82, 2.24) is 25.9 Å². The summed E-state index contributed by atoms with van der Waals surface area (Å²) >= 11 is 0. The highest BCUT2D eigenvalue weighted by molar-refractivity contribution is 6.38. The van der Waals surface area contributed by atoms with E-state index in [0.29, 0.717) is 30.9 Å². The summed E-state index contributed by atoms with van der Waals surface area (Å²) in [4.78, 5) is 58.0. The maximum atomic E-state index is 12.9. The van der Waals surface area contributed by atoms with E-state index in [1.54, 1.807) is 27.2 Å². The first-order chi connectivity index (χ1) is 15.8. The van der Waals surface area contributed by atoms with E-state index < -0.39 is 35.8 Å². The Morgan fingerprint density at radius 3 is 2.70 bits per heavy atom. The average molecular weight is 466 g/mol. The van der Waals surface area contributed by atoms with Crippen LogP contribution in [0.1, 0.15) is 31.5 Å². The summed E-state index contributed by atoms with van der Waals surface area (Å²) in [5.74, 6) is -2.46. The van der Waals surface area contributed by atoms with Crippen LogP contribution in [0.15, 0.2) is 12.5 Å². The highest BCUT2D eigenvalue weighted by atomic mass is 16.6. The fourth-order valence-electron chi connectivity index (χ4n) is 3.13. The van der Waals surface area contributed by atoms with Gasteiger partial charge in [0.1, 0.15) is 19.0 Å². The van der Waals surface area contributed by atoms with Crippen molar-refractivity contribution in [3.8, 4) is 0 Å². The number of nitrogens with one attached hydrogen (secondary N) is 3. The number of methoxy groups -OCH3 is 1. The predicted octanol–water partition coefficient (Wildman–Crippen LogP) is -0.493. The number of Topliss-reactive ketones (excluding diaryl/α,β-unsaturated/α-hetero) is 1. The second-order valence-electron chi connectivity index (χ2n) is 7.75. The molecule has 12 heteroatoms. The van der Waals surface area contributed by atoms with E-state index in [2.05, 4.69) is 25.9 Å². The summed E-state index contributed by atoms with van der Waals surface area (Å²) in [6.45, 7) is 4.60. The van der Waals surface area contributed by atoms with E-state index in [9.17, 15) is 19.2 Å². The molecular formula is C21H31N5O7. The molecule has 33 heavy (non-hydrogen) atoms. The molecule has 182 valence electrons. The number of hydrogen-bond acceptors (Lipinski definition) is 9. The van der Waals surface area contributed by atoms with Gasteiger partial charge in [-0.1, -0.05) is 13.8 Å². The maximum absolute atomic E-state index is 12.9. The lowest BCUT2D eigenvalue weighted by molar-refractivity contribution is -0.140. The van der Waals surface area contributed by atoms with Crippen LogP contribution in [0.2, 0.25) is 0 Å². The van der Waals surface area contributed by atoms with E-state index in [0.717, 1.165) is 0 Å². The largest absolute Gasteiger partial charge is 0.447 e. The van der Waals surface area contributed by atoms with Gasteiger partial charge in [-0.05, 0) is 18.8 Å². The van der Waals surface area contributed by atoms with Crippen molar-refractivity contribution < 1.29 is 33.4 Å². The molecule has 0 aromatic carbocycles. The van der Waals surface area contributed by atoms with Crippen LogP contribution in [0.5, 0.6) is 0 Å². The first-order valence-electron chi connectivity index (χ1n) is 10.7. The standard InChI is InChI=1S/C21H31N5O7/c1-13(2)17(26-21(30)33-9-8-32-7-6-31-3)19(28)25-16-5-4-15-14(10-22-12-24-15)11-23-20(29)18(16)27/h10,12-13,16-17H,4-9,11H2,1-3H3,(H,23,29)(H,25,28)(H,26,30). The molecule has 0 radical (unpaired) electrons. The third-order valence-electron chi connectivity index (χ3n) is 4.96. The minimum atomic E-state index is -1.06. The third kappa shape index (κ3) is 8.39. The molecule has 2 rings (SSSR count). The van der Waals surface area contributed by atoms with Crippen LogP contribution >= 0.6 is 0 Å². The van der Waals surface area contributed by atoms with Gasteiger partial charge in [0.25, 0.3) is 5.91 Å². The Morgan fingerprint density at radius 2 is 1.97 bits per heavy atom. The van der Waals surface area contributed by atoms with E-state index in [-0.39, 0.29) is 32.1 Å². The van der Waals surface area contributed by atoms with Crippen molar-refractivity contribution in [2.45, 2.75) is 45.3 Å². The van der Waals surface area contributed by atoms with Crippen molar-refractivity contribution in [2.75, 3.05) is 33.5 Å². The number of rotatable bonds is 10. The minimum Gasteiger partial charge on any atom is -0.447 e. The quantitative estimate of drug-likeness (QED) is 0.306. The lowest BCUT2D eigenvalue weighted by Crippen LogP contribution is -2.55. The van der Waals surface area contributed by atoms with E-state index in [1.807, 2.05) is 0 Å². The molecule has 2 atom stereocenters. The van der Waals surface area contributed by atoms with Crippen molar-refractivity contribution in [1.29, 1.82) is 0 Å². The smallest absolute Gasteiger partial charge is 0.407 e. The Kier molecular flexibility index (Phi) is 10.6. The molecule has 0 fully saturated rings. The van der Waals surface area contributed by atoms with Gasteiger partial charge in [-0.25, -0.2) is 14.8 Å². The summed E-state index contributed by atoms with van der Waals surface area (Å²) in [6, 6.07) is -2.03. The molecule has 3 N–H and O–H groups in total. The van der Waals surface area contributed by atoms with Gasteiger partial charge in [0.2, 0.25) is 11.7 Å². The zero-order valence-electron chi connectivity index (χ0n) is 19.1. The zero-order chi connectivity index (χ0) is 24.2. The Morgan fingerprint density at radius 1 is 1.21 bits per heavy atom. The Balaban J connectivity index is 1.96. The SMILES string of the molecule is COCCOCCOC(=O)NC(C(=O)NC1CCc2ncncc2CNC(=O)C1=O)C(C)C. The van der Waals surface area contributed by atoms with Crippen LogP contribution < -0.4 is 16.0 Å². The van der Waals surface area contributed by atoms with Gasteiger partial charge in [0.15, 0.2) is 0 Å². The number of carbonyl (C=O) groups excluding carboxylic acids is 4. The number of aromatic nitrogens is 2. The molecule has 1 aliphatic rings. The highest BCUT2D eigenvalue weighted by Crippen LogP contribution is 2.12. The molecule has 2 unspecified atom stereocenters. The first-order valence-corrected chi connectivity index (χ1v) is 10.7. The molecule has 0 saturated heterocycles. The fraction of sp³-hybridized carbons (Fsp3) is 0.619. The van der Waals surface area contributed by atoms with Crippen LogP contribution in [0.25, 0.3) is 0 Å². The number of alkyl carbamates (subject to hydrolysis) is 1. The van der Waals surface area contributed by atoms with Crippen LogP contribution in [0.4, 0.5) is 4.79 Å². The molecule has 0 spiro atoms. The summed E-state index contributed by atoms with van der Waals surface area (Å²) in [5, 5.41) is 7.64. The molecule has 2 heterocycles. The number of ether oxygens (including phenoxy) is 3. The van der Waals surface area contributed by atoms with Crippen molar-refractivity contribution in [2.24, 2.45) is 5.92 Å². The van der Waals surface area contributed by atoms with E-state index in [4.69, 9.17) is 14.2 Å². The van der Waals surface area contributed by atoms with Crippen LogP contribution in [0.3, 0.4) is 0 Å². The Bertz CT molecular complexity index is 833. The second-order valence-corrected chi connectivity index (χ2v) is 7.75. The molecule has 12 nitrogen and oxygen atoms in total. The third-order valence-corrected chi connectivity index (χ3v) is 4.96. The topological polar surface area (TPSA) is 158 Å². The molecular weight excluding hydrogens is 434 g/mol. The summed E-state index contributed by atoms with van der Waals surface area (Å²) in [6.07, 6.45) is 2.73. The van der Waals surface area contributed by atoms with Crippen LogP contribution in [0, 0.1) is 5.92 Å². The number of hydrogen-bond donors (Lipinski definition) is 3. The lowest BCUT2D eigenvalue weighted by atomic mass is 10.0. The van der Waals surface area contributed by atoms with Gasteiger partial charge in [-0.15, -0.1) is 0 Å². The van der Waals surface area contributed by atoms with Gasteiger partial charge in [0, 0.05) is 31.1 Å². The van der Waals surface area contributed by atoms with Crippen LogP contribution in [-0.4, -0.2) is 79.3 Å². The number of carbonyl (C=O) groups is 4. The monoisotopic (exact) mass is 465 g/mol. The Hall–Kier alpha value is -3.12. The number of ketones is 1. The molecule has 1 aromatic heterocycles. The number of amides is 3. The fourth-order valence-corrected chi connectivity index (χ4v) is 3.13. The lowest BCUT2D eigenvalue weighted by Gasteiger charge is -2.24. The maximum Gasteiger partial charge on any atom is 0.407 e. The van der Waals surface area contributed by atoms with Gasteiger partial charge < -0.3 is 30.2 Å². The number of fused-ring (bicyclic) bond motifs is 1. The van der Waals surface area contributed by atoms with Gasteiger partial charge in [-0.3, -0.25) is 14.4 Å². The normalized spacial score (nSPS) is 17.2. The predicted molar refractivity (Wildman–Crippen MR) is 115 cm³/mol. The summed E-state index contributed by atoms with van der Waals surface area (Å²) in [7, 11) is 1.55. The highest BCUT2D eigenvalue weighted by Gasteiger charge is 2.32. The number of aryl methyl sites for hydroxylation is 1. The Labute approximate surface area is 192 Å². The zero-order valence-corrected chi connectivity index (χ0v) is 19.1. The van der Waals surface area contributed by atoms with Crippen molar-refractivity contribution >= 4 is 23.7 Å². The average Bonchev–Trinajstić information content (AvgIpc) is 2.85. The molecule has 1 aromatic rings. The summed E-state index contributed by atoms with van der Waals surface area (Å²) in [5.41, 5.74) is 1.40. The summed E-state index contributed by atoms with van der Waals surface area (Å²) < 4.78 is 15.1. The van der Waals surface area contributed by atoms with Crippen molar-refractivity contribution in [3.63, 3.8) is 0 Å². The van der Waals surface area contributed by atoms with Gasteiger partial charge in [0.05, 0.1) is 25.9 Å². The first kappa shape index (κ1) is 26.1.